The number of aliphatic carboxylic acids is 1. The summed E-state index contributed by atoms with van der Waals surface area (Å²) in [7, 11) is 0. The zero-order chi connectivity index (χ0) is 19.4. The number of carboxylic acids is 1. The summed E-state index contributed by atoms with van der Waals surface area (Å²) in [6, 6.07) is 9.20. The van der Waals surface area contributed by atoms with E-state index in [0.29, 0.717) is 31.7 Å². The number of carbonyl (C=O) groups excluding carboxylic acids is 2. The smallest absolute Gasteiger partial charge is 0.303 e. The Labute approximate surface area is 160 Å². The molecule has 0 aliphatic carbocycles. The molecule has 2 amide bonds. The Morgan fingerprint density at radius 1 is 1.07 bits per heavy atom. The number of benzene rings is 1. The minimum Gasteiger partial charge on any atom is -0.481 e. The zero-order valence-electron chi connectivity index (χ0n) is 15.9. The van der Waals surface area contributed by atoms with Crippen LogP contribution in [-0.2, 0) is 9.59 Å². The molecule has 27 heavy (non-hydrogen) atoms. The fourth-order valence-corrected chi connectivity index (χ4v) is 4.32. The maximum atomic E-state index is 13.2. The van der Waals surface area contributed by atoms with E-state index in [1.807, 2.05) is 42.2 Å². The van der Waals surface area contributed by atoms with Crippen LogP contribution < -0.4 is 0 Å². The molecule has 146 valence electrons. The SMILES string of the molecule is CC1(C(=O)N2CCC(CC(=O)O)CC2)CCCN(C(=O)c2ccccc2)C1. The second-order valence-corrected chi connectivity index (χ2v) is 8.09. The number of piperidine rings is 2. The standard InChI is InChI=1S/C21H28N2O4/c1-21(20(27)22-12-8-16(9-13-22)14-18(24)25)10-5-11-23(15-21)19(26)17-6-3-2-4-7-17/h2-4,6-7,16H,5,8-15H2,1H3,(H,24,25). The lowest BCUT2D eigenvalue weighted by Gasteiger charge is -2.43. The molecule has 0 aromatic heterocycles. The largest absolute Gasteiger partial charge is 0.481 e. The molecule has 1 atom stereocenters. The fraction of sp³-hybridized carbons (Fsp3) is 0.571. The molecule has 0 radical (unpaired) electrons. The molecule has 0 saturated carbocycles. The van der Waals surface area contributed by atoms with Gasteiger partial charge in [0.15, 0.2) is 0 Å². The third kappa shape index (κ3) is 4.49. The van der Waals surface area contributed by atoms with E-state index in [4.69, 9.17) is 5.11 Å². The van der Waals surface area contributed by atoms with Crippen molar-refractivity contribution in [1.82, 2.24) is 9.80 Å². The minimum atomic E-state index is -0.769. The Kier molecular flexibility index (Phi) is 5.82. The monoisotopic (exact) mass is 372 g/mol. The van der Waals surface area contributed by atoms with Gasteiger partial charge in [-0.15, -0.1) is 0 Å². The van der Waals surface area contributed by atoms with E-state index < -0.39 is 11.4 Å². The molecule has 1 unspecified atom stereocenters. The number of hydrogen-bond acceptors (Lipinski definition) is 3. The van der Waals surface area contributed by atoms with Crippen LogP contribution in [0.5, 0.6) is 0 Å². The van der Waals surface area contributed by atoms with Gasteiger partial charge in [0.05, 0.1) is 5.41 Å². The number of rotatable bonds is 4. The highest BCUT2D eigenvalue weighted by molar-refractivity contribution is 5.95. The molecule has 1 aromatic rings. The van der Waals surface area contributed by atoms with Gasteiger partial charge in [-0.3, -0.25) is 14.4 Å². The van der Waals surface area contributed by atoms with E-state index in [1.165, 1.54) is 0 Å². The highest BCUT2D eigenvalue weighted by atomic mass is 16.4. The number of carboxylic acid groups (broad SMARTS) is 1. The summed E-state index contributed by atoms with van der Waals surface area (Å²) in [6.07, 6.45) is 3.25. The lowest BCUT2D eigenvalue weighted by Crippen LogP contribution is -2.54. The Morgan fingerprint density at radius 3 is 2.37 bits per heavy atom. The second kappa shape index (κ2) is 8.11. The van der Waals surface area contributed by atoms with E-state index in [-0.39, 0.29) is 24.2 Å². The lowest BCUT2D eigenvalue weighted by molar-refractivity contribution is -0.145. The maximum Gasteiger partial charge on any atom is 0.303 e. The molecular weight excluding hydrogens is 344 g/mol. The van der Waals surface area contributed by atoms with Crippen molar-refractivity contribution in [3.05, 3.63) is 35.9 Å². The first-order valence-corrected chi connectivity index (χ1v) is 9.74. The van der Waals surface area contributed by atoms with Crippen LogP contribution in [0, 0.1) is 11.3 Å². The van der Waals surface area contributed by atoms with Crippen molar-refractivity contribution in [2.75, 3.05) is 26.2 Å². The summed E-state index contributed by atoms with van der Waals surface area (Å²) in [6.45, 7) is 4.30. The van der Waals surface area contributed by atoms with Crippen LogP contribution in [0.2, 0.25) is 0 Å². The topological polar surface area (TPSA) is 77.9 Å². The summed E-state index contributed by atoms with van der Waals surface area (Å²) in [5.74, 6) is -0.535. The van der Waals surface area contributed by atoms with Gasteiger partial charge < -0.3 is 14.9 Å². The van der Waals surface area contributed by atoms with Gasteiger partial charge in [-0.05, 0) is 50.7 Å². The van der Waals surface area contributed by atoms with E-state index in [2.05, 4.69) is 0 Å². The first kappa shape index (κ1) is 19.4. The molecule has 0 spiro atoms. The van der Waals surface area contributed by atoms with Gasteiger partial charge in [-0.1, -0.05) is 18.2 Å². The summed E-state index contributed by atoms with van der Waals surface area (Å²) >= 11 is 0. The Balaban J connectivity index is 1.62. The number of nitrogens with zero attached hydrogens (tertiary/aromatic N) is 2. The molecule has 2 fully saturated rings. The van der Waals surface area contributed by atoms with Gasteiger partial charge in [-0.25, -0.2) is 0 Å². The molecule has 0 bridgehead atoms. The van der Waals surface area contributed by atoms with Crippen LogP contribution in [0.3, 0.4) is 0 Å². The average molecular weight is 372 g/mol. The molecular formula is C21H28N2O4. The number of likely N-dealkylation sites (tertiary alicyclic amines) is 2. The Bertz CT molecular complexity index is 697. The molecule has 2 heterocycles. The maximum absolute atomic E-state index is 13.2. The molecule has 1 aromatic carbocycles. The summed E-state index contributed by atoms with van der Waals surface area (Å²) in [5, 5.41) is 8.94. The van der Waals surface area contributed by atoms with Crippen molar-refractivity contribution in [3.63, 3.8) is 0 Å². The van der Waals surface area contributed by atoms with Gasteiger partial charge in [0.2, 0.25) is 5.91 Å². The zero-order valence-corrected chi connectivity index (χ0v) is 15.9. The summed E-state index contributed by atoms with van der Waals surface area (Å²) in [5.41, 5.74) is 0.0891. The fourth-order valence-electron chi connectivity index (χ4n) is 4.32. The van der Waals surface area contributed by atoms with Gasteiger partial charge in [-0.2, -0.15) is 0 Å². The molecule has 2 aliphatic heterocycles. The molecule has 2 saturated heterocycles. The third-order valence-electron chi connectivity index (χ3n) is 5.89. The first-order valence-electron chi connectivity index (χ1n) is 9.74. The van der Waals surface area contributed by atoms with Crippen molar-refractivity contribution < 1.29 is 19.5 Å². The quantitative estimate of drug-likeness (QED) is 0.881. The highest BCUT2D eigenvalue weighted by Gasteiger charge is 2.42. The summed E-state index contributed by atoms with van der Waals surface area (Å²) < 4.78 is 0. The van der Waals surface area contributed by atoms with Gasteiger partial charge >= 0.3 is 5.97 Å². The third-order valence-corrected chi connectivity index (χ3v) is 5.89. The molecule has 1 N–H and O–H groups in total. The van der Waals surface area contributed by atoms with Crippen LogP contribution in [-0.4, -0.2) is 58.9 Å². The highest BCUT2D eigenvalue weighted by Crippen LogP contribution is 2.34. The predicted molar refractivity (Wildman–Crippen MR) is 101 cm³/mol. The van der Waals surface area contributed by atoms with Gasteiger partial charge in [0.1, 0.15) is 0 Å². The number of carbonyl (C=O) groups is 3. The number of hydrogen-bond donors (Lipinski definition) is 1. The Hall–Kier alpha value is -2.37. The average Bonchev–Trinajstić information content (AvgIpc) is 2.68. The van der Waals surface area contributed by atoms with Crippen molar-refractivity contribution in [2.24, 2.45) is 11.3 Å². The van der Waals surface area contributed by atoms with Crippen molar-refractivity contribution in [2.45, 2.75) is 39.0 Å². The van der Waals surface area contributed by atoms with Crippen LogP contribution in [0.1, 0.15) is 49.4 Å². The molecule has 3 rings (SSSR count). The van der Waals surface area contributed by atoms with Crippen molar-refractivity contribution in [3.8, 4) is 0 Å². The van der Waals surface area contributed by atoms with Crippen molar-refractivity contribution in [1.29, 1.82) is 0 Å². The van der Waals surface area contributed by atoms with Crippen molar-refractivity contribution >= 4 is 17.8 Å². The van der Waals surface area contributed by atoms with Crippen LogP contribution >= 0.6 is 0 Å². The van der Waals surface area contributed by atoms with Crippen LogP contribution in [0.4, 0.5) is 0 Å². The molecule has 2 aliphatic rings. The molecule has 6 heteroatoms. The number of amides is 2. The van der Waals surface area contributed by atoms with Crippen LogP contribution in [0.25, 0.3) is 0 Å². The summed E-state index contributed by atoms with van der Waals surface area (Å²) in [4.78, 5) is 40.5. The normalized spacial score (nSPS) is 23.9. The van der Waals surface area contributed by atoms with E-state index in [9.17, 15) is 14.4 Å². The Morgan fingerprint density at radius 2 is 1.74 bits per heavy atom. The minimum absolute atomic E-state index is 0.0190. The van der Waals surface area contributed by atoms with Gasteiger partial charge in [0, 0.05) is 38.2 Å². The lowest BCUT2D eigenvalue weighted by atomic mass is 9.79. The van der Waals surface area contributed by atoms with E-state index >= 15 is 0 Å². The van der Waals surface area contributed by atoms with Crippen LogP contribution in [0.15, 0.2) is 30.3 Å². The van der Waals surface area contributed by atoms with E-state index in [1.54, 1.807) is 4.90 Å². The predicted octanol–water partition coefficient (Wildman–Crippen LogP) is 2.64. The first-order chi connectivity index (χ1) is 12.9. The molecule has 6 nitrogen and oxygen atoms in total. The van der Waals surface area contributed by atoms with E-state index in [0.717, 1.165) is 25.7 Å². The van der Waals surface area contributed by atoms with Gasteiger partial charge in [0.25, 0.3) is 5.91 Å². The second-order valence-electron chi connectivity index (χ2n) is 8.09.